The van der Waals surface area contributed by atoms with Gasteiger partial charge in [0.05, 0.1) is 17.1 Å². The molecule has 8 rings (SSSR count). The molecule has 0 saturated carbocycles. The predicted octanol–water partition coefficient (Wildman–Crippen LogP) is 12.6. The topological polar surface area (TPSA) is 63.1 Å². The van der Waals surface area contributed by atoms with Crippen molar-refractivity contribution in [3.63, 3.8) is 0 Å². The Bertz CT molecular complexity index is 2710. The van der Waals surface area contributed by atoms with Crippen molar-refractivity contribution in [2.45, 2.75) is 58.3 Å². The molecule has 0 saturated heterocycles. The Morgan fingerprint density at radius 1 is 0.517 bits per heavy atom. The van der Waals surface area contributed by atoms with Crippen LogP contribution in [0.25, 0.3) is 44.1 Å². The Hall–Kier alpha value is -6.65. The van der Waals surface area contributed by atoms with Crippen molar-refractivity contribution in [1.82, 2.24) is 9.97 Å². The minimum atomic E-state index is -0.124. The molecule has 0 fully saturated rings. The second-order valence-corrected chi connectivity index (χ2v) is 15.4. The van der Waals surface area contributed by atoms with Gasteiger partial charge in [-0.25, -0.2) is 0 Å². The molecule has 0 aliphatic carbocycles. The van der Waals surface area contributed by atoms with Gasteiger partial charge in [0.2, 0.25) is 0 Å². The van der Waals surface area contributed by atoms with E-state index in [-0.39, 0.29) is 11.5 Å². The van der Waals surface area contributed by atoms with Crippen molar-refractivity contribution >= 4 is 27.3 Å². The van der Waals surface area contributed by atoms with Crippen molar-refractivity contribution in [3.05, 3.63) is 215 Å². The number of nitrogens with zero attached hydrogens (tertiary/aromatic N) is 2. The summed E-state index contributed by atoms with van der Waals surface area (Å²) in [5.74, 6) is 0.0321. The molecule has 0 amide bonds. The minimum Gasteiger partial charge on any atom is -0.512 e. The van der Waals surface area contributed by atoms with Crippen molar-refractivity contribution < 1.29 is 9.90 Å². The van der Waals surface area contributed by atoms with Crippen molar-refractivity contribution in [2.75, 3.05) is 0 Å². The first kappa shape index (κ1) is 38.2. The molecule has 286 valence electrons. The van der Waals surface area contributed by atoms with Crippen LogP contribution in [0.4, 0.5) is 0 Å². The zero-order valence-corrected chi connectivity index (χ0v) is 33.1. The largest absolute Gasteiger partial charge is 0.512 e. The average molecular weight is 757 g/mol. The molecule has 4 nitrogen and oxygen atoms in total. The quantitative estimate of drug-likeness (QED) is 0.0836. The number of rotatable bonds is 15. The normalized spacial score (nSPS) is 11.6. The number of fused-ring (bicyclic) bond motifs is 2. The SMILES string of the molecule is CC(=O)C=C(O)CCCc1ccc(Cc2cccc3c(-c4cccc(CCc5ccc(CCc6cccc(-c7nccc8ccccc78)c6)cc5)c4)nccc23)cc1. The van der Waals surface area contributed by atoms with Crippen LogP contribution in [0.3, 0.4) is 0 Å². The first-order chi connectivity index (χ1) is 28.4. The van der Waals surface area contributed by atoms with Crippen LogP contribution in [-0.2, 0) is 43.3 Å². The lowest BCUT2D eigenvalue weighted by Crippen LogP contribution is -1.96. The molecule has 0 radical (unpaired) electrons. The number of carbonyl (C=O) groups is 1. The number of hydrogen-bond acceptors (Lipinski definition) is 4. The molecular weight excluding hydrogens is 709 g/mol. The molecule has 58 heavy (non-hydrogen) atoms. The van der Waals surface area contributed by atoms with E-state index in [0.717, 1.165) is 61.9 Å². The maximum atomic E-state index is 11.2. The van der Waals surface area contributed by atoms with E-state index in [1.807, 2.05) is 12.4 Å². The van der Waals surface area contributed by atoms with Gasteiger partial charge in [0.1, 0.15) is 0 Å². The fourth-order valence-electron chi connectivity index (χ4n) is 8.03. The maximum absolute atomic E-state index is 11.2. The number of ketones is 1. The zero-order valence-electron chi connectivity index (χ0n) is 33.1. The van der Waals surface area contributed by atoms with Crippen LogP contribution >= 0.6 is 0 Å². The maximum Gasteiger partial charge on any atom is 0.155 e. The summed E-state index contributed by atoms with van der Waals surface area (Å²) in [6.45, 7) is 1.46. The first-order valence-electron chi connectivity index (χ1n) is 20.4. The van der Waals surface area contributed by atoms with Gasteiger partial charge in [-0.05, 0) is 126 Å². The van der Waals surface area contributed by atoms with Gasteiger partial charge < -0.3 is 5.11 Å². The average Bonchev–Trinajstić information content (AvgIpc) is 3.25. The van der Waals surface area contributed by atoms with Gasteiger partial charge in [-0.3, -0.25) is 14.8 Å². The van der Waals surface area contributed by atoms with Gasteiger partial charge in [0.25, 0.3) is 0 Å². The van der Waals surface area contributed by atoms with E-state index < -0.39 is 0 Å². The highest BCUT2D eigenvalue weighted by Gasteiger charge is 2.11. The van der Waals surface area contributed by atoms with Crippen molar-refractivity contribution in [2.24, 2.45) is 0 Å². The van der Waals surface area contributed by atoms with Gasteiger partial charge >= 0.3 is 0 Å². The van der Waals surface area contributed by atoms with E-state index in [0.29, 0.717) is 6.42 Å². The van der Waals surface area contributed by atoms with E-state index in [1.165, 1.54) is 79.1 Å². The molecule has 0 bridgehead atoms. The van der Waals surface area contributed by atoms with E-state index >= 15 is 0 Å². The molecular formula is C54H48N2O2. The summed E-state index contributed by atoms with van der Waals surface area (Å²) >= 11 is 0. The zero-order chi connectivity index (χ0) is 39.7. The number of pyridine rings is 2. The number of aromatic nitrogens is 2. The highest BCUT2D eigenvalue weighted by molar-refractivity contribution is 5.97. The Kier molecular flexibility index (Phi) is 11.9. The fourth-order valence-corrected chi connectivity index (χ4v) is 8.03. The summed E-state index contributed by atoms with van der Waals surface area (Å²) in [5, 5.41) is 14.7. The molecule has 0 spiro atoms. The minimum absolute atomic E-state index is 0.124. The second-order valence-electron chi connectivity index (χ2n) is 15.4. The summed E-state index contributed by atoms with van der Waals surface area (Å²) in [7, 11) is 0. The Morgan fingerprint density at radius 3 is 1.71 bits per heavy atom. The highest BCUT2D eigenvalue weighted by Crippen LogP contribution is 2.31. The lowest BCUT2D eigenvalue weighted by atomic mass is 9.94. The molecule has 4 heteroatoms. The molecule has 0 aliphatic rings. The molecule has 2 aromatic heterocycles. The second kappa shape index (κ2) is 18.1. The number of aryl methyl sites for hydroxylation is 5. The summed E-state index contributed by atoms with van der Waals surface area (Å²) in [5.41, 5.74) is 13.5. The lowest BCUT2D eigenvalue weighted by Gasteiger charge is -2.12. The number of carbonyl (C=O) groups excluding carboxylic acids is 1. The van der Waals surface area contributed by atoms with Crippen LogP contribution in [0.1, 0.15) is 58.7 Å². The third-order valence-corrected chi connectivity index (χ3v) is 11.1. The van der Waals surface area contributed by atoms with Gasteiger partial charge in [-0.1, -0.05) is 127 Å². The van der Waals surface area contributed by atoms with Crippen molar-refractivity contribution in [3.8, 4) is 22.5 Å². The van der Waals surface area contributed by atoms with Crippen LogP contribution in [-0.4, -0.2) is 20.9 Å². The summed E-state index contributed by atoms with van der Waals surface area (Å²) in [4.78, 5) is 20.8. The number of allylic oxidation sites excluding steroid dienone is 2. The van der Waals surface area contributed by atoms with Crippen molar-refractivity contribution in [1.29, 1.82) is 0 Å². The molecule has 2 heterocycles. The van der Waals surface area contributed by atoms with Gasteiger partial charge in [0, 0.05) is 46.8 Å². The number of aliphatic hydroxyl groups excluding tert-OH is 1. The summed E-state index contributed by atoms with van der Waals surface area (Å²) in [6, 6.07) is 54.8. The smallest absolute Gasteiger partial charge is 0.155 e. The monoisotopic (exact) mass is 756 g/mol. The Labute approximate surface area is 341 Å². The van der Waals surface area contributed by atoms with E-state index in [1.54, 1.807) is 0 Å². The van der Waals surface area contributed by atoms with Crippen LogP contribution < -0.4 is 0 Å². The van der Waals surface area contributed by atoms with Gasteiger partial charge in [-0.15, -0.1) is 0 Å². The molecule has 8 aromatic rings. The van der Waals surface area contributed by atoms with Gasteiger partial charge in [0.15, 0.2) is 5.78 Å². The number of aliphatic hydroxyl groups is 1. The summed E-state index contributed by atoms with van der Waals surface area (Å²) < 4.78 is 0. The number of hydrogen-bond donors (Lipinski definition) is 1. The van der Waals surface area contributed by atoms with E-state index in [2.05, 4.69) is 152 Å². The highest BCUT2D eigenvalue weighted by atomic mass is 16.3. The van der Waals surface area contributed by atoms with Gasteiger partial charge in [-0.2, -0.15) is 0 Å². The third kappa shape index (κ3) is 9.47. The van der Waals surface area contributed by atoms with E-state index in [4.69, 9.17) is 9.97 Å². The standard InChI is InChI=1S/C54H48N2O2/c1-38(57)34-49(58)15-6-8-39-22-28-44(29-23-39)35-46-12-7-17-52-50(46)31-33-56-54(52)48-14-5-10-43(37-48)27-25-41-20-18-40(19-21-41)24-26-42-9-4-13-47(36-42)53-51-16-3-2-11-45(51)30-32-55-53/h2-5,7,9-14,16-23,28-34,36-37,58H,6,8,15,24-27,35H2,1H3. The summed E-state index contributed by atoms with van der Waals surface area (Å²) in [6.07, 6.45) is 12.1. The molecule has 0 atom stereocenters. The van der Waals surface area contributed by atoms with Crippen LogP contribution in [0, 0.1) is 0 Å². The predicted molar refractivity (Wildman–Crippen MR) is 239 cm³/mol. The fraction of sp³-hybridized carbons (Fsp3) is 0.167. The Balaban J connectivity index is 0.881. The molecule has 6 aromatic carbocycles. The van der Waals surface area contributed by atoms with E-state index in [9.17, 15) is 9.90 Å². The van der Waals surface area contributed by atoms with Crippen LogP contribution in [0.15, 0.2) is 176 Å². The molecule has 0 unspecified atom stereocenters. The first-order valence-corrected chi connectivity index (χ1v) is 20.4. The van der Waals surface area contributed by atoms with Crippen LogP contribution in [0.2, 0.25) is 0 Å². The molecule has 1 N–H and O–H groups in total. The van der Waals surface area contributed by atoms with Crippen LogP contribution in [0.5, 0.6) is 0 Å². The third-order valence-electron chi connectivity index (χ3n) is 11.1. The lowest BCUT2D eigenvalue weighted by molar-refractivity contribution is -0.112. The number of benzene rings is 6. The molecule has 0 aliphatic heterocycles. The Morgan fingerprint density at radius 2 is 1.05 bits per heavy atom.